The number of ether oxygens (including phenoxy) is 1. The van der Waals surface area contributed by atoms with E-state index in [1.54, 1.807) is 31.2 Å². The van der Waals surface area contributed by atoms with Gasteiger partial charge < -0.3 is 15.0 Å². The molecular formula is C25H34F3N3O4. The number of rotatable bonds is 8. The summed E-state index contributed by atoms with van der Waals surface area (Å²) in [5.74, 6) is -3.57. The lowest BCUT2D eigenvalue weighted by Gasteiger charge is -2.40. The van der Waals surface area contributed by atoms with Crippen LogP contribution in [0.25, 0.3) is 0 Å². The van der Waals surface area contributed by atoms with Crippen LogP contribution in [0.15, 0.2) is 30.3 Å². The fourth-order valence-electron chi connectivity index (χ4n) is 5.71. The van der Waals surface area contributed by atoms with Crippen LogP contribution < -0.4 is 5.32 Å². The molecule has 0 bridgehead atoms. The molecule has 2 amide bonds. The van der Waals surface area contributed by atoms with Crippen LogP contribution in [-0.4, -0.2) is 79.0 Å². The molecule has 3 fully saturated rings. The zero-order chi connectivity index (χ0) is 25.2. The zero-order valence-electron chi connectivity index (χ0n) is 20.2. The third kappa shape index (κ3) is 5.20. The third-order valence-corrected chi connectivity index (χ3v) is 7.50. The molecule has 0 aromatic heterocycles. The number of halogens is 3. The lowest BCUT2D eigenvalue weighted by molar-refractivity contribution is -0.211. The normalized spacial score (nSPS) is 28.4. The molecule has 3 aliphatic rings. The molecule has 4 rings (SSSR count). The van der Waals surface area contributed by atoms with Gasteiger partial charge in [-0.25, -0.2) is 5.06 Å². The van der Waals surface area contributed by atoms with E-state index in [1.165, 1.54) is 12.2 Å². The van der Waals surface area contributed by atoms with Crippen LogP contribution in [0.4, 0.5) is 13.2 Å². The van der Waals surface area contributed by atoms with E-state index in [2.05, 4.69) is 5.32 Å². The monoisotopic (exact) mass is 497 g/mol. The summed E-state index contributed by atoms with van der Waals surface area (Å²) in [6, 6.07) is 8.94. The maximum Gasteiger partial charge on any atom is 0.471 e. The Labute approximate surface area is 203 Å². The van der Waals surface area contributed by atoms with Crippen LogP contribution in [0, 0.1) is 5.92 Å². The summed E-state index contributed by atoms with van der Waals surface area (Å²) in [4.78, 5) is 33.1. The average molecular weight is 498 g/mol. The molecule has 1 aromatic carbocycles. The van der Waals surface area contributed by atoms with E-state index in [4.69, 9.17) is 9.57 Å². The zero-order valence-corrected chi connectivity index (χ0v) is 20.2. The largest absolute Gasteiger partial charge is 0.471 e. The number of benzene rings is 1. The van der Waals surface area contributed by atoms with Crippen molar-refractivity contribution < 1.29 is 32.3 Å². The summed E-state index contributed by atoms with van der Waals surface area (Å²) in [5, 5.41) is 4.51. The summed E-state index contributed by atoms with van der Waals surface area (Å²) < 4.78 is 47.5. The van der Waals surface area contributed by atoms with Gasteiger partial charge >= 0.3 is 12.1 Å². The van der Waals surface area contributed by atoms with Crippen LogP contribution in [0.5, 0.6) is 0 Å². The van der Waals surface area contributed by atoms with E-state index in [1.807, 2.05) is 6.07 Å². The van der Waals surface area contributed by atoms with Crippen LogP contribution in [0.3, 0.4) is 0 Å². The lowest BCUT2D eigenvalue weighted by Crippen LogP contribution is -2.59. The predicted molar refractivity (Wildman–Crippen MR) is 122 cm³/mol. The second-order valence-electron chi connectivity index (χ2n) is 9.83. The number of amides is 2. The van der Waals surface area contributed by atoms with Crippen LogP contribution >= 0.6 is 0 Å². The molecule has 0 unspecified atom stereocenters. The first kappa shape index (κ1) is 25.9. The van der Waals surface area contributed by atoms with Gasteiger partial charge in [-0.15, -0.1) is 0 Å². The van der Waals surface area contributed by atoms with Gasteiger partial charge in [0.05, 0.1) is 12.7 Å². The highest BCUT2D eigenvalue weighted by Crippen LogP contribution is 2.57. The van der Waals surface area contributed by atoms with Crippen molar-refractivity contribution in [3.05, 3.63) is 35.9 Å². The molecule has 0 spiro atoms. The Morgan fingerprint density at radius 3 is 2.57 bits per heavy atom. The number of carbonyl (C=O) groups excluding carboxylic acids is 2. The van der Waals surface area contributed by atoms with Gasteiger partial charge in [0, 0.05) is 38.1 Å². The topological polar surface area (TPSA) is 71.1 Å². The maximum atomic E-state index is 13.9. The molecule has 194 valence electrons. The van der Waals surface area contributed by atoms with E-state index in [9.17, 15) is 22.8 Å². The number of carbonyl (C=O) groups is 2. The molecule has 0 radical (unpaired) electrons. The van der Waals surface area contributed by atoms with E-state index < -0.39 is 41.5 Å². The highest BCUT2D eigenvalue weighted by molar-refractivity contribution is 5.97. The molecule has 1 saturated carbocycles. The van der Waals surface area contributed by atoms with Crippen molar-refractivity contribution in [2.24, 2.45) is 5.92 Å². The maximum absolute atomic E-state index is 13.9. The van der Waals surface area contributed by atoms with Crippen LogP contribution in [0.2, 0.25) is 0 Å². The number of methoxy groups -OCH3 is 1. The first-order chi connectivity index (χ1) is 16.7. The van der Waals surface area contributed by atoms with E-state index in [-0.39, 0.29) is 19.0 Å². The van der Waals surface area contributed by atoms with Crippen molar-refractivity contribution in [3.63, 3.8) is 0 Å². The van der Waals surface area contributed by atoms with Gasteiger partial charge in [-0.2, -0.15) is 13.2 Å². The molecule has 10 heteroatoms. The van der Waals surface area contributed by atoms with Crippen molar-refractivity contribution in [1.29, 1.82) is 0 Å². The number of hydrogen-bond acceptors (Lipinski definition) is 5. The van der Waals surface area contributed by atoms with Crippen molar-refractivity contribution >= 4 is 11.8 Å². The Bertz CT molecular complexity index is 888. The smallest absolute Gasteiger partial charge is 0.379 e. The van der Waals surface area contributed by atoms with Gasteiger partial charge in [0.15, 0.2) is 0 Å². The first-order valence-electron chi connectivity index (χ1n) is 12.3. The van der Waals surface area contributed by atoms with Gasteiger partial charge in [-0.3, -0.25) is 14.4 Å². The van der Waals surface area contributed by atoms with Crippen molar-refractivity contribution in [2.45, 2.75) is 68.8 Å². The molecule has 5 atom stereocenters. The highest BCUT2D eigenvalue weighted by atomic mass is 19.4. The summed E-state index contributed by atoms with van der Waals surface area (Å²) in [6.45, 7) is 2.95. The number of alkyl halides is 3. The average Bonchev–Trinajstić information content (AvgIpc) is 3.38. The van der Waals surface area contributed by atoms with E-state index >= 15 is 0 Å². The Morgan fingerprint density at radius 1 is 1.26 bits per heavy atom. The highest BCUT2D eigenvalue weighted by Gasteiger charge is 2.69. The molecular weight excluding hydrogens is 463 g/mol. The van der Waals surface area contributed by atoms with Gasteiger partial charge in [0.25, 0.3) is 5.91 Å². The van der Waals surface area contributed by atoms with Crippen molar-refractivity contribution in [3.8, 4) is 0 Å². The Kier molecular flexibility index (Phi) is 7.73. The van der Waals surface area contributed by atoms with Crippen LogP contribution in [0.1, 0.15) is 50.5 Å². The Balaban J connectivity index is 1.70. The minimum atomic E-state index is -5.12. The summed E-state index contributed by atoms with van der Waals surface area (Å²) in [6.07, 6.45) is -2.14. The molecule has 2 heterocycles. The molecule has 2 saturated heterocycles. The molecule has 1 aliphatic carbocycles. The van der Waals surface area contributed by atoms with Gasteiger partial charge in [0.1, 0.15) is 5.54 Å². The van der Waals surface area contributed by atoms with Crippen LogP contribution in [-0.2, 0) is 19.2 Å². The second-order valence-corrected chi connectivity index (χ2v) is 9.83. The van der Waals surface area contributed by atoms with Gasteiger partial charge in [0.2, 0.25) is 0 Å². The summed E-state index contributed by atoms with van der Waals surface area (Å²) in [5.41, 5.74) is -0.924. The number of hydroxylamine groups is 2. The minimum Gasteiger partial charge on any atom is -0.379 e. The Morgan fingerprint density at radius 2 is 2.00 bits per heavy atom. The van der Waals surface area contributed by atoms with E-state index in [0.717, 1.165) is 36.3 Å². The first-order valence-corrected chi connectivity index (χ1v) is 12.3. The second kappa shape index (κ2) is 10.4. The van der Waals surface area contributed by atoms with Gasteiger partial charge in [-0.05, 0) is 44.2 Å². The SMILES string of the molecule is CO[C@H]([C@H](C)CN(C(=O)C(F)(F)F)[C@@]1(C(=O)N2CCCCO2)C[C@H]1c1ccccc1)[C@@H]1CCCN1. The minimum absolute atomic E-state index is 0.0148. The lowest BCUT2D eigenvalue weighted by atomic mass is 9.94. The van der Waals surface area contributed by atoms with E-state index in [0.29, 0.717) is 19.6 Å². The fraction of sp³-hybridized carbons (Fsp3) is 0.680. The van der Waals surface area contributed by atoms with Crippen molar-refractivity contribution in [2.75, 3.05) is 33.4 Å². The number of nitrogens with one attached hydrogen (secondary N) is 1. The Hall–Kier alpha value is -2.17. The predicted octanol–water partition coefficient (Wildman–Crippen LogP) is 3.26. The number of nitrogens with zero attached hydrogens (tertiary/aromatic N) is 2. The summed E-state index contributed by atoms with van der Waals surface area (Å²) in [7, 11) is 1.53. The quantitative estimate of drug-likeness (QED) is 0.597. The molecule has 1 aromatic rings. The van der Waals surface area contributed by atoms with Gasteiger partial charge in [-0.1, -0.05) is 37.3 Å². The third-order valence-electron chi connectivity index (χ3n) is 7.50. The van der Waals surface area contributed by atoms with Crippen molar-refractivity contribution in [1.82, 2.24) is 15.3 Å². The number of hydrogen-bond donors (Lipinski definition) is 1. The molecule has 7 nitrogen and oxygen atoms in total. The molecule has 2 aliphatic heterocycles. The molecule has 35 heavy (non-hydrogen) atoms. The molecule has 1 N–H and O–H groups in total. The fourth-order valence-corrected chi connectivity index (χ4v) is 5.71. The summed E-state index contributed by atoms with van der Waals surface area (Å²) >= 11 is 0. The standard InChI is InChI=1S/C25H34F3N3O4/c1-17(21(34-2)20-11-8-12-29-20)16-30(23(33)25(26,27)28)24(22(32)31-13-6-7-14-35-31)15-19(24)18-9-4-3-5-10-18/h3-5,9-10,17,19-21,29H,6-8,11-16H2,1-2H3/t17-,19+,20+,21-,24+/m1/s1.